The molecule has 3 nitrogen and oxygen atoms in total. The van der Waals surface area contributed by atoms with E-state index in [0.717, 1.165) is 26.1 Å². The lowest BCUT2D eigenvalue weighted by molar-refractivity contribution is 0.232. The van der Waals surface area contributed by atoms with E-state index in [0.29, 0.717) is 5.41 Å². The van der Waals surface area contributed by atoms with Gasteiger partial charge in [0.15, 0.2) is 0 Å². The average molecular weight is 255 g/mol. The smallest absolute Gasteiger partial charge is 0.0926 e. The number of thiazole rings is 1. The van der Waals surface area contributed by atoms with Gasteiger partial charge in [0.2, 0.25) is 0 Å². The zero-order valence-corrected chi connectivity index (χ0v) is 12.5. The Morgan fingerprint density at radius 3 is 2.65 bits per heavy atom. The monoisotopic (exact) mass is 255 g/mol. The van der Waals surface area contributed by atoms with Gasteiger partial charge in [0, 0.05) is 25.0 Å². The minimum Gasteiger partial charge on any atom is -0.311 e. The van der Waals surface area contributed by atoms with Crippen LogP contribution >= 0.6 is 11.3 Å². The molecule has 1 rings (SSSR count). The molecule has 0 fully saturated rings. The van der Waals surface area contributed by atoms with Crippen LogP contribution in [0.15, 0.2) is 5.38 Å². The number of hydrogen-bond donors (Lipinski definition) is 1. The van der Waals surface area contributed by atoms with E-state index in [1.165, 1.54) is 10.7 Å². The van der Waals surface area contributed by atoms with Crippen molar-refractivity contribution in [1.29, 1.82) is 0 Å². The molecule has 0 amide bonds. The highest BCUT2D eigenvalue weighted by Crippen LogP contribution is 2.15. The molecule has 1 N–H and O–H groups in total. The van der Waals surface area contributed by atoms with Gasteiger partial charge in [0.1, 0.15) is 0 Å². The van der Waals surface area contributed by atoms with Crippen molar-refractivity contribution < 1.29 is 0 Å². The van der Waals surface area contributed by atoms with Crippen molar-refractivity contribution >= 4 is 11.3 Å². The third-order valence-corrected chi connectivity index (χ3v) is 3.60. The molecule has 0 aliphatic carbocycles. The molecule has 0 spiro atoms. The second kappa shape index (κ2) is 6.47. The van der Waals surface area contributed by atoms with Gasteiger partial charge in [-0.1, -0.05) is 20.8 Å². The molecule has 0 aliphatic rings. The van der Waals surface area contributed by atoms with Gasteiger partial charge in [-0.3, -0.25) is 0 Å². The molecule has 1 heterocycles. The molecule has 0 radical (unpaired) electrons. The van der Waals surface area contributed by atoms with E-state index in [2.05, 4.69) is 55.4 Å². The first-order valence-electron chi connectivity index (χ1n) is 6.21. The Kier molecular flexibility index (Phi) is 5.56. The van der Waals surface area contributed by atoms with Crippen molar-refractivity contribution in [3.05, 3.63) is 16.1 Å². The number of nitrogens with zero attached hydrogens (tertiary/aromatic N) is 2. The zero-order valence-electron chi connectivity index (χ0n) is 11.7. The zero-order chi connectivity index (χ0) is 12.9. The van der Waals surface area contributed by atoms with Crippen molar-refractivity contribution in [3.8, 4) is 0 Å². The highest BCUT2D eigenvalue weighted by atomic mass is 32.1. The van der Waals surface area contributed by atoms with Gasteiger partial charge in [-0.25, -0.2) is 4.98 Å². The summed E-state index contributed by atoms with van der Waals surface area (Å²) in [6, 6.07) is 0. The molecule has 0 aromatic carbocycles. The Morgan fingerprint density at radius 1 is 1.41 bits per heavy atom. The highest BCUT2D eigenvalue weighted by molar-refractivity contribution is 7.09. The first-order valence-corrected chi connectivity index (χ1v) is 7.09. The van der Waals surface area contributed by atoms with Crippen LogP contribution < -0.4 is 5.32 Å². The average Bonchev–Trinajstić information content (AvgIpc) is 2.63. The maximum Gasteiger partial charge on any atom is 0.0926 e. The van der Waals surface area contributed by atoms with Crippen molar-refractivity contribution in [2.45, 2.75) is 33.7 Å². The van der Waals surface area contributed by atoms with Gasteiger partial charge >= 0.3 is 0 Å². The standard InChI is InChI=1S/C13H25N3S/c1-6-12-15-11(8-17-12)7-14-9-13(2,3)10-16(4)5/h8,14H,6-7,9-10H2,1-5H3. The molecule has 4 heteroatoms. The van der Waals surface area contributed by atoms with Crippen LogP contribution in [-0.4, -0.2) is 37.1 Å². The second-order valence-electron chi connectivity index (χ2n) is 5.59. The van der Waals surface area contributed by atoms with E-state index >= 15 is 0 Å². The maximum absolute atomic E-state index is 4.55. The Bertz CT molecular complexity index is 331. The lowest BCUT2D eigenvalue weighted by Crippen LogP contribution is -2.37. The largest absolute Gasteiger partial charge is 0.311 e. The number of aryl methyl sites for hydroxylation is 1. The van der Waals surface area contributed by atoms with Crippen molar-refractivity contribution in [3.63, 3.8) is 0 Å². The summed E-state index contributed by atoms with van der Waals surface area (Å²) in [4.78, 5) is 6.79. The van der Waals surface area contributed by atoms with Crippen LogP contribution in [0.25, 0.3) is 0 Å². The summed E-state index contributed by atoms with van der Waals surface area (Å²) in [5.74, 6) is 0. The number of rotatable bonds is 7. The van der Waals surface area contributed by atoms with Crippen molar-refractivity contribution in [2.24, 2.45) is 5.41 Å². The molecule has 17 heavy (non-hydrogen) atoms. The van der Waals surface area contributed by atoms with Gasteiger partial charge in [-0.15, -0.1) is 11.3 Å². The van der Waals surface area contributed by atoms with Gasteiger partial charge in [0.05, 0.1) is 10.7 Å². The van der Waals surface area contributed by atoms with Crippen LogP contribution in [0.4, 0.5) is 0 Å². The van der Waals surface area contributed by atoms with Crippen molar-refractivity contribution in [2.75, 3.05) is 27.2 Å². The summed E-state index contributed by atoms with van der Waals surface area (Å²) in [5.41, 5.74) is 1.47. The van der Waals surface area contributed by atoms with Crippen LogP contribution in [0, 0.1) is 5.41 Å². The second-order valence-corrected chi connectivity index (χ2v) is 6.53. The molecule has 0 unspecified atom stereocenters. The molecule has 98 valence electrons. The molecular weight excluding hydrogens is 230 g/mol. The van der Waals surface area contributed by atoms with Crippen LogP contribution in [0.2, 0.25) is 0 Å². The summed E-state index contributed by atoms with van der Waals surface area (Å²) in [6.07, 6.45) is 1.04. The maximum atomic E-state index is 4.55. The number of hydrogen-bond acceptors (Lipinski definition) is 4. The first-order chi connectivity index (χ1) is 7.93. The molecule has 0 atom stereocenters. The van der Waals surface area contributed by atoms with E-state index in [1.807, 2.05) is 0 Å². The Hall–Kier alpha value is -0.450. The fourth-order valence-electron chi connectivity index (χ4n) is 2.03. The van der Waals surface area contributed by atoms with Gasteiger partial charge < -0.3 is 10.2 Å². The molecular formula is C13H25N3S. The SMILES string of the molecule is CCc1nc(CNCC(C)(C)CN(C)C)cs1. The van der Waals surface area contributed by atoms with Crippen LogP contribution in [0.5, 0.6) is 0 Å². The first kappa shape index (κ1) is 14.6. The third kappa shape index (κ3) is 5.61. The predicted octanol–water partition coefficient (Wildman–Crippen LogP) is 2.38. The fraction of sp³-hybridized carbons (Fsp3) is 0.769. The quantitative estimate of drug-likeness (QED) is 0.811. The summed E-state index contributed by atoms with van der Waals surface area (Å²) in [6.45, 7) is 9.72. The number of nitrogens with one attached hydrogen (secondary N) is 1. The summed E-state index contributed by atoms with van der Waals surface area (Å²) in [7, 11) is 4.24. The Morgan fingerprint density at radius 2 is 2.12 bits per heavy atom. The Labute approximate surface area is 109 Å². The van der Waals surface area contributed by atoms with Gasteiger partial charge in [-0.05, 0) is 25.9 Å². The molecule has 0 aliphatic heterocycles. The highest BCUT2D eigenvalue weighted by Gasteiger charge is 2.18. The van der Waals surface area contributed by atoms with E-state index in [-0.39, 0.29) is 0 Å². The number of aromatic nitrogens is 1. The minimum absolute atomic E-state index is 0.299. The van der Waals surface area contributed by atoms with Crippen molar-refractivity contribution in [1.82, 2.24) is 15.2 Å². The van der Waals surface area contributed by atoms with E-state index in [4.69, 9.17) is 0 Å². The molecule has 0 saturated heterocycles. The molecule has 0 saturated carbocycles. The van der Waals surface area contributed by atoms with Gasteiger partial charge in [-0.2, -0.15) is 0 Å². The fourth-order valence-corrected chi connectivity index (χ4v) is 2.78. The lowest BCUT2D eigenvalue weighted by atomic mass is 9.93. The molecule has 0 bridgehead atoms. The topological polar surface area (TPSA) is 28.2 Å². The normalized spacial score (nSPS) is 12.4. The van der Waals surface area contributed by atoms with E-state index in [9.17, 15) is 0 Å². The Balaban J connectivity index is 2.31. The van der Waals surface area contributed by atoms with E-state index in [1.54, 1.807) is 11.3 Å². The lowest BCUT2D eigenvalue weighted by Gasteiger charge is -2.28. The van der Waals surface area contributed by atoms with Crippen LogP contribution in [0.3, 0.4) is 0 Å². The van der Waals surface area contributed by atoms with Gasteiger partial charge in [0.25, 0.3) is 0 Å². The summed E-state index contributed by atoms with van der Waals surface area (Å²) in [5, 5.41) is 6.89. The van der Waals surface area contributed by atoms with E-state index < -0.39 is 0 Å². The van der Waals surface area contributed by atoms with Crippen LogP contribution in [0.1, 0.15) is 31.5 Å². The molecule has 1 aromatic rings. The predicted molar refractivity (Wildman–Crippen MR) is 75.5 cm³/mol. The summed E-state index contributed by atoms with van der Waals surface area (Å²) < 4.78 is 0. The molecule has 1 aromatic heterocycles. The minimum atomic E-state index is 0.299. The third-order valence-electron chi connectivity index (χ3n) is 2.56. The van der Waals surface area contributed by atoms with Crippen LogP contribution in [-0.2, 0) is 13.0 Å². The summed E-state index contributed by atoms with van der Waals surface area (Å²) >= 11 is 1.76.